The standard InChI is InChI=1S/C18H22N2O3/c1-18(10-5-2-6-11-18)19-15(21)9-12-20-16(22)13-7-3-4-8-14(13)17(20)23/h3-4,7-8H,2,5-6,9-12H2,1H3,(H,19,21). The van der Waals surface area contributed by atoms with Crippen LogP contribution in [-0.2, 0) is 4.79 Å². The molecule has 2 aliphatic rings. The van der Waals surface area contributed by atoms with Crippen LogP contribution in [0.5, 0.6) is 0 Å². The van der Waals surface area contributed by atoms with Crippen molar-refractivity contribution in [2.24, 2.45) is 0 Å². The Morgan fingerprint density at radius 2 is 1.65 bits per heavy atom. The highest BCUT2D eigenvalue weighted by molar-refractivity contribution is 6.21. The van der Waals surface area contributed by atoms with E-state index in [0.717, 1.165) is 25.7 Å². The smallest absolute Gasteiger partial charge is 0.261 e. The SMILES string of the molecule is CC1(NC(=O)CCN2C(=O)c3ccccc3C2=O)CCCCC1. The summed E-state index contributed by atoms with van der Waals surface area (Å²) in [6.07, 6.45) is 5.63. The second-order valence-corrected chi connectivity index (χ2v) is 6.73. The zero-order chi connectivity index (χ0) is 16.4. The van der Waals surface area contributed by atoms with Gasteiger partial charge >= 0.3 is 0 Å². The van der Waals surface area contributed by atoms with E-state index in [1.807, 2.05) is 0 Å². The molecule has 1 aromatic carbocycles. The van der Waals surface area contributed by atoms with Gasteiger partial charge in [-0.05, 0) is 31.9 Å². The maximum atomic E-state index is 12.2. The van der Waals surface area contributed by atoms with E-state index in [1.54, 1.807) is 24.3 Å². The lowest BCUT2D eigenvalue weighted by Crippen LogP contribution is -2.48. The third-order valence-corrected chi connectivity index (χ3v) is 4.84. The van der Waals surface area contributed by atoms with Gasteiger partial charge < -0.3 is 5.32 Å². The van der Waals surface area contributed by atoms with E-state index in [1.165, 1.54) is 11.3 Å². The average molecular weight is 314 g/mol. The van der Waals surface area contributed by atoms with Crippen LogP contribution in [0.15, 0.2) is 24.3 Å². The molecule has 0 radical (unpaired) electrons. The largest absolute Gasteiger partial charge is 0.351 e. The van der Waals surface area contributed by atoms with Crippen LogP contribution in [0.4, 0.5) is 0 Å². The summed E-state index contributed by atoms with van der Waals surface area (Å²) in [5.41, 5.74) is 0.714. The molecule has 1 aromatic rings. The number of carbonyl (C=O) groups is 3. The summed E-state index contributed by atoms with van der Waals surface area (Å²) < 4.78 is 0. The molecule has 0 atom stereocenters. The fourth-order valence-corrected chi connectivity index (χ4v) is 3.51. The Bertz CT molecular complexity index is 612. The second kappa shape index (κ2) is 6.14. The molecule has 5 heteroatoms. The Balaban J connectivity index is 1.58. The molecule has 1 N–H and O–H groups in total. The second-order valence-electron chi connectivity index (χ2n) is 6.73. The summed E-state index contributed by atoms with van der Waals surface area (Å²) in [6, 6.07) is 6.78. The summed E-state index contributed by atoms with van der Waals surface area (Å²) in [6.45, 7) is 2.21. The number of hydrogen-bond acceptors (Lipinski definition) is 3. The Morgan fingerprint density at radius 3 is 2.22 bits per heavy atom. The van der Waals surface area contributed by atoms with Gasteiger partial charge in [0, 0.05) is 18.5 Å². The van der Waals surface area contributed by atoms with Gasteiger partial charge in [-0.15, -0.1) is 0 Å². The van der Waals surface area contributed by atoms with E-state index in [2.05, 4.69) is 12.2 Å². The molecule has 1 aliphatic carbocycles. The summed E-state index contributed by atoms with van der Waals surface area (Å²) in [5.74, 6) is -0.699. The van der Waals surface area contributed by atoms with Crippen LogP contribution < -0.4 is 5.32 Å². The van der Waals surface area contributed by atoms with E-state index in [0.29, 0.717) is 11.1 Å². The molecular formula is C18H22N2O3. The summed E-state index contributed by atoms with van der Waals surface area (Å²) in [5, 5.41) is 3.08. The van der Waals surface area contributed by atoms with E-state index < -0.39 is 0 Å². The third kappa shape index (κ3) is 3.14. The molecule has 1 aliphatic heterocycles. The Labute approximate surface area is 136 Å². The predicted octanol–water partition coefficient (Wildman–Crippen LogP) is 2.51. The van der Waals surface area contributed by atoms with Crippen molar-refractivity contribution in [2.75, 3.05) is 6.54 Å². The number of nitrogens with zero attached hydrogens (tertiary/aromatic N) is 1. The molecule has 122 valence electrons. The number of amides is 3. The fraction of sp³-hybridized carbons (Fsp3) is 0.500. The Hall–Kier alpha value is -2.17. The molecule has 0 saturated heterocycles. The lowest BCUT2D eigenvalue weighted by Gasteiger charge is -2.34. The molecule has 0 spiro atoms. The third-order valence-electron chi connectivity index (χ3n) is 4.84. The van der Waals surface area contributed by atoms with Gasteiger partial charge in [0.15, 0.2) is 0 Å². The highest BCUT2D eigenvalue weighted by Crippen LogP contribution is 2.27. The molecule has 23 heavy (non-hydrogen) atoms. The van der Waals surface area contributed by atoms with Crippen LogP contribution in [0, 0.1) is 0 Å². The number of imide groups is 1. The number of hydrogen-bond donors (Lipinski definition) is 1. The first-order valence-electron chi connectivity index (χ1n) is 8.26. The minimum absolute atomic E-state index is 0.0917. The quantitative estimate of drug-likeness (QED) is 0.868. The number of rotatable bonds is 4. The minimum atomic E-state index is -0.303. The molecule has 3 amide bonds. The number of fused-ring (bicyclic) bond motifs is 1. The normalized spacial score (nSPS) is 19.6. The molecular weight excluding hydrogens is 292 g/mol. The molecule has 1 fully saturated rings. The van der Waals surface area contributed by atoms with Gasteiger partial charge in [-0.3, -0.25) is 19.3 Å². The summed E-state index contributed by atoms with van der Waals surface area (Å²) in [7, 11) is 0. The van der Waals surface area contributed by atoms with Gasteiger partial charge in [-0.1, -0.05) is 31.4 Å². The van der Waals surface area contributed by atoms with Crippen LogP contribution in [0.25, 0.3) is 0 Å². The molecule has 0 bridgehead atoms. The van der Waals surface area contributed by atoms with Crippen LogP contribution in [-0.4, -0.2) is 34.7 Å². The number of benzene rings is 1. The van der Waals surface area contributed by atoms with Gasteiger partial charge in [-0.2, -0.15) is 0 Å². The van der Waals surface area contributed by atoms with Gasteiger partial charge in [0.05, 0.1) is 11.1 Å². The first kappa shape index (κ1) is 15.7. The van der Waals surface area contributed by atoms with Crippen molar-refractivity contribution in [3.8, 4) is 0 Å². The van der Waals surface area contributed by atoms with Crippen molar-refractivity contribution in [3.05, 3.63) is 35.4 Å². The topological polar surface area (TPSA) is 66.5 Å². The zero-order valence-electron chi connectivity index (χ0n) is 13.4. The van der Waals surface area contributed by atoms with Crippen molar-refractivity contribution < 1.29 is 14.4 Å². The van der Waals surface area contributed by atoms with Crippen LogP contribution in [0.1, 0.15) is 66.2 Å². The lowest BCUT2D eigenvalue weighted by atomic mass is 9.83. The van der Waals surface area contributed by atoms with Gasteiger partial charge in [0.25, 0.3) is 11.8 Å². The minimum Gasteiger partial charge on any atom is -0.351 e. The van der Waals surface area contributed by atoms with Crippen molar-refractivity contribution in [1.29, 1.82) is 0 Å². The Kier molecular flexibility index (Phi) is 4.20. The van der Waals surface area contributed by atoms with Crippen LogP contribution >= 0.6 is 0 Å². The average Bonchev–Trinajstić information content (AvgIpc) is 2.78. The van der Waals surface area contributed by atoms with E-state index in [9.17, 15) is 14.4 Å². The van der Waals surface area contributed by atoms with Crippen molar-refractivity contribution >= 4 is 17.7 Å². The molecule has 0 unspecified atom stereocenters. The molecule has 1 saturated carbocycles. The predicted molar refractivity (Wildman–Crippen MR) is 86.1 cm³/mol. The van der Waals surface area contributed by atoms with Crippen molar-refractivity contribution in [3.63, 3.8) is 0 Å². The van der Waals surface area contributed by atoms with Crippen molar-refractivity contribution in [1.82, 2.24) is 10.2 Å². The molecule has 1 heterocycles. The van der Waals surface area contributed by atoms with Crippen LogP contribution in [0.3, 0.4) is 0 Å². The number of carbonyl (C=O) groups excluding carboxylic acids is 3. The number of nitrogens with one attached hydrogen (secondary N) is 1. The van der Waals surface area contributed by atoms with E-state index >= 15 is 0 Å². The van der Waals surface area contributed by atoms with Gasteiger partial charge in [-0.25, -0.2) is 0 Å². The summed E-state index contributed by atoms with van der Waals surface area (Å²) in [4.78, 5) is 37.9. The highest BCUT2D eigenvalue weighted by atomic mass is 16.2. The zero-order valence-corrected chi connectivity index (χ0v) is 13.4. The van der Waals surface area contributed by atoms with Crippen LogP contribution in [0.2, 0.25) is 0 Å². The van der Waals surface area contributed by atoms with Gasteiger partial charge in [0.2, 0.25) is 5.91 Å². The first-order chi connectivity index (χ1) is 11.0. The molecule has 5 nitrogen and oxygen atoms in total. The van der Waals surface area contributed by atoms with Gasteiger partial charge in [0.1, 0.15) is 0 Å². The Morgan fingerprint density at radius 1 is 1.09 bits per heavy atom. The summed E-state index contributed by atoms with van der Waals surface area (Å²) >= 11 is 0. The van der Waals surface area contributed by atoms with E-state index in [-0.39, 0.29) is 36.2 Å². The molecule has 3 rings (SSSR count). The van der Waals surface area contributed by atoms with Crippen molar-refractivity contribution in [2.45, 2.75) is 51.0 Å². The maximum absolute atomic E-state index is 12.2. The maximum Gasteiger partial charge on any atom is 0.261 e. The monoisotopic (exact) mass is 314 g/mol. The molecule has 0 aromatic heterocycles. The lowest BCUT2D eigenvalue weighted by molar-refractivity contribution is -0.123. The fourth-order valence-electron chi connectivity index (χ4n) is 3.51. The first-order valence-corrected chi connectivity index (χ1v) is 8.26. The highest BCUT2D eigenvalue weighted by Gasteiger charge is 2.35. The van der Waals surface area contributed by atoms with E-state index in [4.69, 9.17) is 0 Å².